The molecule has 1 aliphatic heterocycles. The molecule has 0 radical (unpaired) electrons. The van der Waals surface area contributed by atoms with Gasteiger partial charge in [0.1, 0.15) is 12.3 Å². The Morgan fingerprint density at radius 1 is 1.25 bits per heavy atom. The van der Waals surface area contributed by atoms with Crippen molar-refractivity contribution in [3.8, 4) is 0 Å². The van der Waals surface area contributed by atoms with Gasteiger partial charge in [-0.05, 0) is 44.5 Å². The van der Waals surface area contributed by atoms with Crippen LogP contribution in [0.15, 0.2) is 30.6 Å². The molecule has 10 nitrogen and oxygen atoms in total. The number of amides is 4. The highest BCUT2D eigenvalue weighted by molar-refractivity contribution is 6.76. The minimum absolute atomic E-state index is 0.0451. The second-order valence-corrected chi connectivity index (χ2v) is 16.6. The monoisotopic (exact) mass is 515 g/mol. The Morgan fingerprint density at radius 2 is 2.00 bits per heavy atom. The third-order valence-corrected chi connectivity index (χ3v) is 7.12. The molecule has 1 saturated heterocycles. The van der Waals surface area contributed by atoms with Gasteiger partial charge in [-0.3, -0.25) is 9.69 Å². The van der Waals surface area contributed by atoms with E-state index in [2.05, 4.69) is 30.1 Å². The molecule has 1 fully saturated rings. The van der Waals surface area contributed by atoms with Gasteiger partial charge < -0.3 is 14.8 Å². The lowest BCUT2D eigenvalue weighted by Crippen LogP contribution is -2.53. The van der Waals surface area contributed by atoms with Crippen molar-refractivity contribution in [2.75, 3.05) is 31.3 Å². The molecule has 2 aromatic rings. The number of nitrogens with zero attached hydrogens (tertiary/aromatic N) is 4. The maximum Gasteiger partial charge on any atom is 0.407 e. The van der Waals surface area contributed by atoms with Gasteiger partial charge >= 0.3 is 12.1 Å². The summed E-state index contributed by atoms with van der Waals surface area (Å²) in [7, 11) is -1.27. The number of nitrogens with one attached hydrogen (secondary N) is 1. The van der Waals surface area contributed by atoms with Crippen molar-refractivity contribution < 1.29 is 23.9 Å². The molecular formula is C25H37N5O5Si. The summed E-state index contributed by atoms with van der Waals surface area (Å²) in [5.74, 6) is -0.234. The standard InChI is InChI=1S/C25H37N5O5Si/c1-25(2,3)35-23(32)26-11-7-8-19-9-13-30-20(16-19)21(17-27-30)28-12-10-22(31)29(24(28)33)18-34-14-15-36(4,5)6/h7-9,13,16-17H,10-12,14-15,18H2,1-6H3,(H,26,32)/b8-7+. The zero-order valence-corrected chi connectivity index (χ0v) is 23.0. The Hall–Kier alpha value is -3.18. The van der Waals surface area contributed by atoms with Crippen LogP contribution in [-0.4, -0.2) is 72.6 Å². The molecule has 4 amide bonds. The smallest absolute Gasteiger partial charge is 0.407 e. The fourth-order valence-corrected chi connectivity index (χ4v) is 4.28. The Labute approximate surface area is 213 Å². The molecule has 0 atom stereocenters. The van der Waals surface area contributed by atoms with Crippen LogP contribution >= 0.6 is 0 Å². The van der Waals surface area contributed by atoms with Gasteiger partial charge in [-0.2, -0.15) is 5.10 Å². The molecule has 11 heteroatoms. The number of pyridine rings is 1. The van der Waals surface area contributed by atoms with E-state index >= 15 is 0 Å². The van der Waals surface area contributed by atoms with Crippen LogP contribution in [0.3, 0.4) is 0 Å². The van der Waals surface area contributed by atoms with Gasteiger partial charge in [0.05, 0.1) is 17.4 Å². The number of imide groups is 1. The molecule has 196 valence electrons. The van der Waals surface area contributed by atoms with E-state index in [0.717, 1.165) is 17.1 Å². The number of carbonyl (C=O) groups excluding carboxylic acids is 3. The number of fused-ring (bicyclic) bond motifs is 1. The van der Waals surface area contributed by atoms with Crippen LogP contribution in [0.4, 0.5) is 15.3 Å². The van der Waals surface area contributed by atoms with Crippen LogP contribution in [0.1, 0.15) is 32.8 Å². The highest BCUT2D eigenvalue weighted by Crippen LogP contribution is 2.26. The molecule has 0 unspecified atom stereocenters. The summed E-state index contributed by atoms with van der Waals surface area (Å²) in [4.78, 5) is 40.2. The molecule has 0 bridgehead atoms. The van der Waals surface area contributed by atoms with E-state index in [0.29, 0.717) is 18.8 Å². The maximum absolute atomic E-state index is 13.2. The summed E-state index contributed by atoms with van der Waals surface area (Å²) in [5, 5.41) is 7.05. The summed E-state index contributed by atoms with van der Waals surface area (Å²) in [6.07, 6.45) is 6.86. The average molecular weight is 516 g/mol. The van der Waals surface area contributed by atoms with Crippen LogP contribution in [-0.2, 0) is 14.3 Å². The molecule has 3 heterocycles. The Bertz CT molecular complexity index is 1130. The second-order valence-electron chi connectivity index (χ2n) is 11.0. The first-order chi connectivity index (χ1) is 16.8. The zero-order valence-electron chi connectivity index (χ0n) is 22.0. The normalized spacial score (nSPS) is 15.3. The molecule has 1 aliphatic rings. The number of carbonyl (C=O) groups is 3. The van der Waals surface area contributed by atoms with Crippen molar-refractivity contribution in [2.24, 2.45) is 0 Å². The molecule has 1 N–H and O–H groups in total. The van der Waals surface area contributed by atoms with Gasteiger partial charge in [0.15, 0.2) is 0 Å². The molecule has 36 heavy (non-hydrogen) atoms. The van der Waals surface area contributed by atoms with Crippen molar-refractivity contribution >= 4 is 43.4 Å². The minimum Gasteiger partial charge on any atom is -0.444 e. The lowest BCUT2D eigenvalue weighted by atomic mass is 10.2. The van der Waals surface area contributed by atoms with Crippen molar-refractivity contribution in [3.63, 3.8) is 0 Å². The fraction of sp³-hybridized carbons (Fsp3) is 0.520. The third-order valence-electron chi connectivity index (χ3n) is 5.42. The SMILES string of the molecule is CC(C)(C)OC(=O)NC/C=C/c1ccn2ncc(N3CCC(=O)N(COCC[Si](C)(C)C)C3=O)c2c1. The summed E-state index contributed by atoms with van der Waals surface area (Å²) >= 11 is 0. The van der Waals surface area contributed by atoms with E-state index in [1.54, 1.807) is 21.8 Å². The number of ether oxygens (including phenoxy) is 2. The average Bonchev–Trinajstić information content (AvgIpc) is 3.17. The fourth-order valence-electron chi connectivity index (χ4n) is 3.52. The first kappa shape index (κ1) is 27.4. The van der Waals surface area contributed by atoms with Crippen molar-refractivity contribution in [1.29, 1.82) is 0 Å². The van der Waals surface area contributed by atoms with E-state index in [-0.39, 0.29) is 25.6 Å². The van der Waals surface area contributed by atoms with Gasteiger partial charge in [0.25, 0.3) is 0 Å². The molecule has 2 aromatic heterocycles. The van der Waals surface area contributed by atoms with E-state index in [4.69, 9.17) is 9.47 Å². The van der Waals surface area contributed by atoms with Crippen LogP contribution in [0, 0.1) is 0 Å². The van der Waals surface area contributed by atoms with E-state index in [1.807, 2.05) is 45.1 Å². The number of hydrogen-bond donors (Lipinski definition) is 1. The first-order valence-corrected chi connectivity index (χ1v) is 15.9. The second kappa shape index (κ2) is 11.3. The van der Waals surface area contributed by atoms with Crippen LogP contribution in [0.25, 0.3) is 11.6 Å². The highest BCUT2D eigenvalue weighted by atomic mass is 28.3. The maximum atomic E-state index is 13.2. The summed E-state index contributed by atoms with van der Waals surface area (Å²) in [6.45, 7) is 13.3. The quantitative estimate of drug-likeness (QED) is 0.393. The van der Waals surface area contributed by atoms with Gasteiger partial charge in [-0.15, -0.1) is 0 Å². The van der Waals surface area contributed by atoms with Gasteiger partial charge in [-0.1, -0.05) is 31.8 Å². The highest BCUT2D eigenvalue weighted by Gasteiger charge is 2.34. The lowest BCUT2D eigenvalue weighted by Gasteiger charge is -2.33. The van der Waals surface area contributed by atoms with Gasteiger partial charge in [-0.25, -0.2) is 19.0 Å². The number of aromatic nitrogens is 2. The molecule has 0 aliphatic carbocycles. The summed E-state index contributed by atoms with van der Waals surface area (Å²) in [5.41, 5.74) is 1.69. The summed E-state index contributed by atoms with van der Waals surface area (Å²) < 4.78 is 12.6. The third kappa shape index (κ3) is 7.66. The first-order valence-electron chi connectivity index (χ1n) is 12.1. The predicted molar refractivity (Wildman–Crippen MR) is 142 cm³/mol. The molecule has 0 spiro atoms. The number of urea groups is 1. The van der Waals surface area contributed by atoms with Crippen LogP contribution in [0.2, 0.25) is 25.7 Å². The number of alkyl carbamates (subject to hydrolysis) is 1. The van der Waals surface area contributed by atoms with Crippen molar-refractivity contribution in [3.05, 3.63) is 36.2 Å². The molecule has 3 rings (SSSR count). The summed E-state index contributed by atoms with van der Waals surface area (Å²) in [6, 6.07) is 4.35. The molecule has 0 saturated carbocycles. The number of rotatable bonds is 9. The largest absolute Gasteiger partial charge is 0.444 e. The number of anilines is 1. The predicted octanol–water partition coefficient (Wildman–Crippen LogP) is 4.34. The van der Waals surface area contributed by atoms with E-state index in [9.17, 15) is 14.4 Å². The van der Waals surface area contributed by atoms with Crippen LogP contribution < -0.4 is 10.2 Å². The lowest BCUT2D eigenvalue weighted by molar-refractivity contribution is -0.133. The van der Waals surface area contributed by atoms with Gasteiger partial charge in [0.2, 0.25) is 5.91 Å². The van der Waals surface area contributed by atoms with E-state index in [1.165, 1.54) is 4.90 Å². The zero-order chi connectivity index (χ0) is 26.5. The van der Waals surface area contributed by atoms with Crippen molar-refractivity contribution in [2.45, 2.75) is 58.5 Å². The number of hydrogen-bond acceptors (Lipinski definition) is 6. The van der Waals surface area contributed by atoms with Gasteiger partial charge in [0, 0.05) is 40.4 Å². The van der Waals surface area contributed by atoms with Crippen LogP contribution in [0.5, 0.6) is 0 Å². The molecule has 0 aromatic carbocycles. The Morgan fingerprint density at radius 3 is 2.69 bits per heavy atom. The Kier molecular flexibility index (Phi) is 8.57. The molecular weight excluding hydrogens is 478 g/mol. The van der Waals surface area contributed by atoms with Crippen molar-refractivity contribution in [1.82, 2.24) is 19.8 Å². The topological polar surface area (TPSA) is 105 Å². The van der Waals surface area contributed by atoms with E-state index < -0.39 is 25.8 Å². The Balaban J connectivity index is 1.67. The minimum atomic E-state index is -1.27.